The number of hydrogen-bond acceptors (Lipinski definition) is 5. The van der Waals surface area contributed by atoms with Crippen LogP contribution in [0.15, 0.2) is 4.52 Å². The van der Waals surface area contributed by atoms with Crippen LogP contribution in [0.5, 0.6) is 0 Å². The van der Waals surface area contributed by atoms with Gasteiger partial charge >= 0.3 is 0 Å². The number of hydrogen-bond donors (Lipinski definition) is 1. The van der Waals surface area contributed by atoms with Crippen LogP contribution in [0, 0.1) is 6.92 Å². The molecule has 1 heterocycles. The summed E-state index contributed by atoms with van der Waals surface area (Å²) in [6.45, 7) is 9.09. The molecule has 0 aliphatic rings. The molecule has 1 rings (SSSR count). The van der Waals surface area contributed by atoms with Gasteiger partial charge in [0.15, 0.2) is 5.82 Å². The van der Waals surface area contributed by atoms with Crippen LogP contribution in [0.4, 0.5) is 0 Å². The summed E-state index contributed by atoms with van der Waals surface area (Å²) in [6, 6.07) is 0.630. The lowest BCUT2D eigenvalue weighted by Crippen LogP contribution is -2.27. The molecule has 1 aromatic rings. The number of nitrogens with one attached hydrogen (secondary N) is 1. The molecule has 0 fully saturated rings. The molecule has 0 saturated heterocycles. The molecule has 5 heteroatoms. The third-order valence-corrected chi connectivity index (χ3v) is 2.85. The zero-order valence-corrected chi connectivity index (χ0v) is 11.4. The van der Waals surface area contributed by atoms with Crippen LogP contribution in [0.2, 0.25) is 0 Å². The summed E-state index contributed by atoms with van der Waals surface area (Å²) in [6.07, 6.45) is 2.39. The molecule has 0 aromatic carbocycles. The average molecular weight is 240 g/mol. The van der Waals surface area contributed by atoms with E-state index in [1.807, 2.05) is 0 Å². The Kier molecular flexibility index (Phi) is 6.15. The highest BCUT2D eigenvalue weighted by Crippen LogP contribution is 1.98. The third kappa shape index (κ3) is 5.79. The molecular weight excluding hydrogens is 216 g/mol. The highest BCUT2D eigenvalue weighted by molar-refractivity contribution is 4.82. The Bertz CT molecular complexity index is 311. The van der Waals surface area contributed by atoms with Gasteiger partial charge in [-0.05, 0) is 46.8 Å². The van der Waals surface area contributed by atoms with Gasteiger partial charge in [-0.1, -0.05) is 5.16 Å². The molecule has 0 amide bonds. The molecular formula is C12H24N4O. The Morgan fingerprint density at radius 3 is 2.71 bits per heavy atom. The van der Waals surface area contributed by atoms with Crippen LogP contribution in [-0.4, -0.2) is 41.2 Å². The summed E-state index contributed by atoms with van der Waals surface area (Å²) in [7, 11) is 2.17. The first-order valence-electron chi connectivity index (χ1n) is 6.29. The standard InChI is InChI=1S/C12H24N4O/c1-10(2)16(4)8-6-5-7-13-9-12-14-11(3)17-15-12/h10,13H,5-9H2,1-4H3. The maximum Gasteiger partial charge on any atom is 0.223 e. The van der Waals surface area contributed by atoms with Gasteiger partial charge in [0.1, 0.15) is 0 Å². The van der Waals surface area contributed by atoms with Gasteiger partial charge in [-0.3, -0.25) is 0 Å². The molecule has 17 heavy (non-hydrogen) atoms. The lowest BCUT2D eigenvalue weighted by atomic mass is 10.2. The largest absolute Gasteiger partial charge is 0.340 e. The first-order valence-corrected chi connectivity index (χ1v) is 6.29. The lowest BCUT2D eigenvalue weighted by molar-refractivity contribution is 0.268. The molecule has 0 atom stereocenters. The Labute approximate surface area is 104 Å². The Hall–Kier alpha value is -0.940. The first kappa shape index (κ1) is 14.1. The predicted molar refractivity (Wildman–Crippen MR) is 67.7 cm³/mol. The van der Waals surface area contributed by atoms with E-state index in [1.54, 1.807) is 6.92 Å². The molecule has 0 aliphatic carbocycles. The van der Waals surface area contributed by atoms with Crippen molar-refractivity contribution >= 4 is 0 Å². The number of rotatable bonds is 8. The number of aryl methyl sites for hydroxylation is 1. The van der Waals surface area contributed by atoms with Crippen LogP contribution >= 0.6 is 0 Å². The fourth-order valence-corrected chi connectivity index (χ4v) is 1.48. The van der Waals surface area contributed by atoms with E-state index in [1.165, 1.54) is 12.8 Å². The van der Waals surface area contributed by atoms with Crippen molar-refractivity contribution in [2.45, 2.75) is 46.2 Å². The third-order valence-electron chi connectivity index (χ3n) is 2.85. The summed E-state index contributed by atoms with van der Waals surface area (Å²) in [4.78, 5) is 6.50. The van der Waals surface area contributed by atoms with E-state index >= 15 is 0 Å². The molecule has 0 bridgehead atoms. The average Bonchev–Trinajstić information content (AvgIpc) is 2.68. The minimum atomic E-state index is 0.625. The summed E-state index contributed by atoms with van der Waals surface area (Å²) in [5.41, 5.74) is 0. The van der Waals surface area contributed by atoms with Gasteiger partial charge < -0.3 is 14.7 Å². The lowest BCUT2D eigenvalue weighted by Gasteiger charge is -2.20. The van der Waals surface area contributed by atoms with Crippen LogP contribution in [-0.2, 0) is 6.54 Å². The molecule has 0 aliphatic heterocycles. The van der Waals surface area contributed by atoms with E-state index in [2.05, 4.69) is 41.3 Å². The zero-order valence-electron chi connectivity index (χ0n) is 11.4. The maximum absolute atomic E-state index is 4.89. The van der Waals surface area contributed by atoms with Crippen molar-refractivity contribution in [1.82, 2.24) is 20.4 Å². The van der Waals surface area contributed by atoms with Crippen molar-refractivity contribution in [3.8, 4) is 0 Å². The first-order chi connectivity index (χ1) is 8.09. The van der Waals surface area contributed by atoms with E-state index in [-0.39, 0.29) is 0 Å². The molecule has 1 aromatic heterocycles. The van der Waals surface area contributed by atoms with E-state index in [4.69, 9.17) is 4.52 Å². The normalized spacial score (nSPS) is 11.6. The minimum absolute atomic E-state index is 0.625. The van der Waals surface area contributed by atoms with Crippen molar-refractivity contribution in [3.63, 3.8) is 0 Å². The second-order valence-electron chi connectivity index (χ2n) is 4.69. The topological polar surface area (TPSA) is 54.2 Å². The quantitative estimate of drug-likeness (QED) is 0.699. The van der Waals surface area contributed by atoms with Gasteiger partial charge in [0, 0.05) is 13.0 Å². The molecule has 5 nitrogen and oxygen atoms in total. The molecule has 1 N–H and O–H groups in total. The van der Waals surface area contributed by atoms with Crippen molar-refractivity contribution < 1.29 is 4.52 Å². The Morgan fingerprint density at radius 2 is 2.12 bits per heavy atom. The van der Waals surface area contributed by atoms with Crippen LogP contribution in [0.1, 0.15) is 38.4 Å². The fraction of sp³-hybridized carbons (Fsp3) is 0.833. The molecule has 0 unspecified atom stereocenters. The van der Waals surface area contributed by atoms with Crippen molar-refractivity contribution in [1.29, 1.82) is 0 Å². The second kappa shape index (κ2) is 7.40. The summed E-state index contributed by atoms with van der Waals surface area (Å²) >= 11 is 0. The smallest absolute Gasteiger partial charge is 0.223 e. The second-order valence-corrected chi connectivity index (χ2v) is 4.69. The van der Waals surface area contributed by atoms with Crippen LogP contribution < -0.4 is 5.32 Å². The van der Waals surface area contributed by atoms with Crippen molar-refractivity contribution in [2.75, 3.05) is 20.1 Å². The van der Waals surface area contributed by atoms with Crippen molar-refractivity contribution in [2.24, 2.45) is 0 Å². The number of nitrogens with zero attached hydrogens (tertiary/aromatic N) is 3. The van der Waals surface area contributed by atoms with E-state index in [9.17, 15) is 0 Å². The van der Waals surface area contributed by atoms with E-state index in [0.29, 0.717) is 18.5 Å². The molecule has 0 radical (unpaired) electrons. The van der Waals surface area contributed by atoms with Crippen LogP contribution in [0.3, 0.4) is 0 Å². The monoisotopic (exact) mass is 240 g/mol. The Balaban J connectivity index is 1.98. The van der Waals surface area contributed by atoms with Gasteiger partial charge in [-0.2, -0.15) is 4.98 Å². The van der Waals surface area contributed by atoms with Crippen molar-refractivity contribution in [3.05, 3.63) is 11.7 Å². The molecule has 98 valence electrons. The van der Waals surface area contributed by atoms with Gasteiger partial charge in [-0.25, -0.2) is 0 Å². The van der Waals surface area contributed by atoms with E-state index in [0.717, 1.165) is 18.9 Å². The van der Waals surface area contributed by atoms with Gasteiger partial charge in [0.05, 0.1) is 6.54 Å². The summed E-state index contributed by atoms with van der Waals surface area (Å²) < 4.78 is 4.89. The predicted octanol–water partition coefficient (Wildman–Crippen LogP) is 1.59. The summed E-state index contributed by atoms with van der Waals surface area (Å²) in [5.74, 6) is 1.36. The molecule has 0 spiro atoms. The SMILES string of the molecule is Cc1nc(CNCCCCN(C)C(C)C)no1. The summed E-state index contributed by atoms with van der Waals surface area (Å²) in [5, 5.41) is 7.14. The fourth-order valence-electron chi connectivity index (χ4n) is 1.48. The minimum Gasteiger partial charge on any atom is -0.340 e. The zero-order chi connectivity index (χ0) is 12.7. The number of unbranched alkanes of at least 4 members (excludes halogenated alkanes) is 1. The van der Waals surface area contributed by atoms with Crippen LogP contribution in [0.25, 0.3) is 0 Å². The van der Waals surface area contributed by atoms with Gasteiger partial charge in [0.2, 0.25) is 5.89 Å². The Morgan fingerprint density at radius 1 is 1.35 bits per heavy atom. The molecule has 0 saturated carbocycles. The van der Waals surface area contributed by atoms with E-state index < -0.39 is 0 Å². The maximum atomic E-state index is 4.89. The van der Waals surface area contributed by atoms with Gasteiger partial charge in [-0.15, -0.1) is 0 Å². The number of aromatic nitrogens is 2. The highest BCUT2D eigenvalue weighted by atomic mass is 16.5. The highest BCUT2D eigenvalue weighted by Gasteiger charge is 2.02. The van der Waals surface area contributed by atoms with Gasteiger partial charge in [0.25, 0.3) is 0 Å².